The summed E-state index contributed by atoms with van der Waals surface area (Å²) >= 11 is 0. The topological polar surface area (TPSA) is 66.3 Å². The minimum atomic E-state index is -0.176. The number of hydrogen-bond donors (Lipinski definition) is 1. The van der Waals surface area contributed by atoms with E-state index in [-0.39, 0.29) is 11.9 Å². The van der Waals surface area contributed by atoms with Gasteiger partial charge in [-0.2, -0.15) is 5.10 Å². The van der Waals surface area contributed by atoms with Gasteiger partial charge in [-0.1, -0.05) is 6.07 Å². The van der Waals surface area contributed by atoms with Crippen LogP contribution in [-0.4, -0.2) is 57.8 Å². The highest BCUT2D eigenvalue weighted by molar-refractivity contribution is 5.95. The normalized spacial score (nSPS) is 16.7. The summed E-state index contributed by atoms with van der Waals surface area (Å²) in [7, 11) is 1.89. The fraction of sp³-hybridized carbons (Fsp3) is 0.500. The molecule has 1 N–H and O–H groups in total. The molecular weight excluding hydrogens is 316 g/mol. The Kier molecular flexibility index (Phi) is 5.03. The fourth-order valence-corrected chi connectivity index (χ4v) is 3.23. The number of nitrogens with zero attached hydrogens (tertiary/aromatic N) is 5. The first kappa shape index (κ1) is 17.4. The van der Waals surface area contributed by atoms with Crippen molar-refractivity contribution in [2.45, 2.75) is 26.8 Å². The number of carbonyl (C=O) groups excluding carboxylic acids is 1. The van der Waals surface area contributed by atoms with Crippen molar-refractivity contribution in [1.29, 1.82) is 0 Å². The van der Waals surface area contributed by atoms with Crippen LogP contribution in [-0.2, 0) is 11.8 Å². The third kappa shape index (κ3) is 3.66. The van der Waals surface area contributed by atoms with Gasteiger partial charge in [-0.3, -0.25) is 14.4 Å². The van der Waals surface area contributed by atoms with Gasteiger partial charge in [0, 0.05) is 39.4 Å². The number of hydrogen-bond acceptors (Lipinski definition) is 5. The number of carbonyl (C=O) groups is 1. The van der Waals surface area contributed by atoms with E-state index in [0.29, 0.717) is 0 Å². The van der Waals surface area contributed by atoms with Crippen LogP contribution in [0.4, 0.5) is 11.5 Å². The van der Waals surface area contributed by atoms with Crippen molar-refractivity contribution in [3.63, 3.8) is 0 Å². The molecule has 1 amide bonds. The van der Waals surface area contributed by atoms with E-state index in [2.05, 4.69) is 25.2 Å². The van der Waals surface area contributed by atoms with Crippen molar-refractivity contribution in [3.05, 3.63) is 35.8 Å². The molecule has 7 nitrogen and oxygen atoms in total. The minimum absolute atomic E-state index is 0.0190. The average Bonchev–Trinajstić information content (AvgIpc) is 2.88. The van der Waals surface area contributed by atoms with Crippen LogP contribution < -0.4 is 10.2 Å². The Balaban J connectivity index is 1.58. The molecule has 3 rings (SSSR count). The molecule has 2 aromatic rings. The van der Waals surface area contributed by atoms with Gasteiger partial charge in [-0.15, -0.1) is 0 Å². The van der Waals surface area contributed by atoms with Crippen molar-refractivity contribution in [2.75, 3.05) is 36.4 Å². The van der Waals surface area contributed by atoms with Crippen LogP contribution in [0.1, 0.15) is 18.3 Å². The Labute approximate surface area is 148 Å². The van der Waals surface area contributed by atoms with Crippen LogP contribution >= 0.6 is 0 Å². The number of aromatic nitrogens is 3. The molecule has 1 fully saturated rings. The van der Waals surface area contributed by atoms with Gasteiger partial charge >= 0.3 is 0 Å². The lowest BCUT2D eigenvalue weighted by Gasteiger charge is -2.37. The fourth-order valence-electron chi connectivity index (χ4n) is 3.23. The molecule has 0 aromatic carbocycles. The van der Waals surface area contributed by atoms with Crippen LogP contribution in [0.3, 0.4) is 0 Å². The Morgan fingerprint density at radius 3 is 2.48 bits per heavy atom. The van der Waals surface area contributed by atoms with Gasteiger partial charge in [-0.25, -0.2) is 4.98 Å². The van der Waals surface area contributed by atoms with Crippen LogP contribution in [0.5, 0.6) is 0 Å². The summed E-state index contributed by atoms with van der Waals surface area (Å²) in [5, 5.41) is 7.40. The zero-order chi connectivity index (χ0) is 18.0. The lowest BCUT2D eigenvalue weighted by atomic mass is 10.2. The van der Waals surface area contributed by atoms with Gasteiger partial charge in [-0.05, 0) is 32.9 Å². The molecule has 0 saturated carbocycles. The maximum absolute atomic E-state index is 12.7. The number of nitrogens with one attached hydrogen (secondary N) is 1. The van der Waals surface area contributed by atoms with Crippen molar-refractivity contribution in [3.8, 4) is 0 Å². The first-order chi connectivity index (χ1) is 12.0. The highest BCUT2D eigenvalue weighted by atomic mass is 16.2. The molecule has 0 spiro atoms. The van der Waals surface area contributed by atoms with E-state index < -0.39 is 0 Å². The molecule has 0 bridgehead atoms. The van der Waals surface area contributed by atoms with Crippen LogP contribution in [0.15, 0.2) is 24.4 Å². The molecule has 0 aliphatic carbocycles. The summed E-state index contributed by atoms with van der Waals surface area (Å²) in [4.78, 5) is 21.5. The average molecular weight is 342 g/mol. The summed E-state index contributed by atoms with van der Waals surface area (Å²) in [5.74, 6) is 1.02. The van der Waals surface area contributed by atoms with E-state index >= 15 is 0 Å². The van der Waals surface area contributed by atoms with Gasteiger partial charge < -0.3 is 10.2 Å². The van der Waals surface area contributed by atoms with Gasteiger partial charge in [0.1, 0.15) is 5.82 Å². The zero-order valence-electron chi connectivity index (χ0n) is 15.4. The summed E-state index contributed by atoms with van der Waals surface area (Å²) in [6, 6.07) is 5.78. The predicted octanol–water partition coefficient (Wildman–Crippen LogP) is 1.58. The van der Waals surface area contributed by atoms with E-state index in [1.54, 1.807) is 4.68 Å². The van der Waals surface area contributed by atoms with Gasteiger partial charge in [0.25, 0.3) is 0 Å². The Hall–Kier alpha value is -2.41. The van der Waals surface area contributed by atoms with E-state index in [9.17, 15) is 4.79 Å². The second-order valence-electron chi connectivity index (χ2n) is 6.55. The molecule has 1 aliphatic rings. The third-order valence-corrected chi connectivity index (χ3v) is 4.97. The lowest BCUT2D eigenvalue weighted by Crippen LogP contribution is -2.53. The number of aryl methyl sites for hydroxylation is 2. The summed E-state index contributed by atoms with van der Waals surface area (Å²) in [5.41, 5.74) is 2.64. The Morgan fingerprint density at radius 1 is 1.20 bits per heavy atom. The summed E-state index contributed by atoms with van der Waals surface area (Å²) < 4.78 is 1.79. The number of pyridine rings is 1. The zero-order valence-corrected chi connectivity index (χ0v) is 15.4. The van der Waals surface area contributed by atoms with Crippen molar-refractivity contribution < 1.29 is 4.79 Å². The highest BCUT2D eigenvalue weighted by Gasteiger charge is 2.27. The second-order valence-corrected chi connectivity index (χ2v) is 6.55. The van der Waals surface area contributed by atoms with E-state index in [1.807, 2.05) is 52.2 Å². The molecule has 7 heteroatoms. The second kappa shape index (κ2) is 7.23. The molecule has 25 heavy (non-hydrogen) atoms. The molecule has 1 saturated heterocycles. The van der Waals surface area contributed by atoms with Crippen LogP contribution in [0, 0.1) is 13.8 Å². The van der Waals surface area contributed by atoms with E-state index in [4.69, 9.17) is 0 Å². The number of rotatable bonds is 4. The smallest absolute Gasteiger partial charge is 0.241 e. The minimum Gasteiger partial charge on any atom is -0.354 e. The Bertz CT molecular complexity index is 734. The maximum Gasteiger partial charge on any atom is 0.241 e. The SMILES string of the molecule is Cc1nn(C)c(C)c1NC(=O)C(C)N1CCN(c2ccccn2)CC1. The largest absolute Gasteiger partial charge is 0.354 e. The van der Waals surface area contributed by atoms with Crippen molar-refractivity contribution >= 4 is 17.4 Å². The third-order valence-electron chi connectivity index (χ3n) is 4.97. The molecule has 1 aliphatic heterocycles. The molecular formula is C18H26N6O. The van der Waals surface area contributed by atoms with Gasteiger partial charge in [0.2, 0.25) is 5.91 Å². The molecule has 3 heterocycles. The number of anilines is 2. The summed E-state index contributed by atoms with van der Waals surface area (Å²) in [6.45, 7) is 9.28. The monoisotopic (exact) mass is 342 g/mol. The molecule has 1 atom stereocenters. The first-order valence-electron chi connectivity index (χ1n) is 8.68. The lowest BCUT2D eigenvalue weighted by molar-refractivity contribution is -0.120. The molecule has 2 aromatic heterocycles. The van der Waals surface area contributed by atoms with Crippen molar-refractivity contribution in [2.24, 2.45) is 7.05 Å². The van der Waals surface area contributed by atoms with Gasteiger partial charge in [0.15, 0.2) is 0 Å². The van der Waals surface area contributed by atoms with E-state index in [0.717, 1.165) is 49.1 Å². The molecule has 0 radical (unpaired) electrons. The molecule has 134 valence electrons. The van der Waals surface area contributed by atoms with E-state index in [1.165, 1.54) is 0 Å². The number of amides is 1. The Morgan fingerprint density at radius 2 is 1.92 bits per heavy atom. The van der Waals surface area contributed by atoms with Crippen LogP contribution in [0.25, 0.3) is 0 Å². The van der Waals surface area contributed by atoms with Crippen molar-refractivity contribution in [1.82, 2.24) is 19.7 Å². The first-order valence-corrected chi connectivity index (χ1v) is 8.68. The maximum atomic E-state index is 12.7. The predicted molar refractivity (Wildman–Crippen MR) is 98.8 cm³/mol. The quantitative estimate of drug-likeness (QED) is 0.914. The number of piperazine rings is 1. The standard InChI is InChI=1S/C18H26N6O/c1-13-17(14(2)22(4)21-13)20-18(25)15(3)23-9-11-24(12-10-23)16-7-5-6-8-19-16/h5-8,15H,9-12H2,1-4H3,(H,20,25). The van der Waals surface area contributed by atoms with Gasteiger partial charge in [0.05, 0.1) is 23.1 Å². The van der Waals surface area contributed by atoms with Crippen LogP contribution in [0.2, 0.25) is 0 Å². The highest BCUT2D eigenvalue weighted by Crippen LogP contribution is 2.20. The molecule has 1 unspecified atom stereocenters. The summed E-state index contributed by atoms with van der Waals surface area (Å²) in [6.07, 6.45) is 1.82.